The smallest absolute Gasteiger partial charge is 0.303 e. The van der Waals surface area contributed by atoms with Crippen LogP contribution in [0.1, 0.15) is 32.1 Å². The average Bonchev–Trinajstić information content (AvgIpc) is 2.63. The van der Waals surface area contributed by atoms with Gasteiger partial charge in [0.1, 0.15) is 0 Å². The van der Waals surface area contributed by atoms with E-state index in [0.29, 0.717) is 12.3 Å². The number of nitriles is 1. The van der Waals surface area contributed by atoms with E-state index in [4.69, 9.17) is 10.4 Å². The van der Waals surface area contributed by atoms with E-state index >= 15 is 0 Å². The molecule has 0 aromatic rings. The maximum atomic E-state index is 10.4. The third-order valence-electron chi connectivity index (χ3n) is 2.90. The Labute approximate surface area is 90.5 Å². The Morgan fingerprint density at radius 2 is 2.40 bits per heavy atom. The van der Waals surface area contributed by atoms with E-state index in [2.05, 4.69) is 11.0 Å². The van der Waals surface area contributed by atoms with Gasteiger partial charge >= 0.3 is 5.97 Å². The molecule has 1 aliphatic rings. The lowest BCUT2D eigenvalue weighted by Crippen LogP contribution is -2.22. The fourth-order valence-corrected chi connectivity index (χ4v) is 2.06. The standard InChI is InChI=1S/C11H18N2O2/c12-6-1-2-7-13-8-5-10(9-13)3-4-11(14)15/h10H,1-5,7-9H2,(H,14,15). The molecule has 1 fully saturated rings. The average molecular weight is 210 g/mol. The van der Waals surface area contributed by atoms with E-state index in [9.17, 15) is 4.79 Å². The number of carbonyl (C=O) groups is 1. The zero-order valence-corrected chi connectivity index (χ0v) is 8.98. The van der Waals surface area contributed by atoms with Crippen molar-refractivity contribution in [2.24, 2.45) is 5.92 Å². The number of hydrogen-bond acceptors (Lipinski definition) is 3. The number of carboxylic acid groups (broad SMARTS) is 1. The molecule has 15 heavy (non-hydrogen) atoms. The van der Waals surface area contributed by atoms with Crippen molar-refractivity contribution < 1.29 is 9.90 Å². The molecule has 0 amide bonds. The Hall–Kier alpha value is -1.08. The molecule has 0 radical (unpaired) electrons. The number of unbranched alkanes of at least 4 members (excludes halogenated alkanes) is 1. The maximum absolute atomic E-state index is 10.4. The van der Waals surface area contributed by atoms with Gasteiger partial charge in [0.05, 0.1) is 6.07 Å². The van der Waals surface area contributed by atoms with Crippen LogP contribution in [-0.4, -0.2) is 35.6 Å². The normalized spacial score (nSPS) is 21.4. The van der Waals surface area contributed by atoms with Crippen LogP contribution in [0.5, 0.6) is 0 Å². The van der Waals surface area contributed by atoms with Crippen LogP contribution in [0.4, 0.5) is 0 Å². The van der Waals surface area contributed by atoms with Crippen LogP contribution in [0, 0.1) is 17.2 Å². The summed E-state index contributed by atoms with van der Waals surface area (Å²) in [6, 6.07) is 2.14. The molecular formula is C11H18N2O2. The molecule has 1 heterocycles. The van der Waals surface area contributed by atoms with Crippen LogP contribution in [-0.2, 0) is 4.79 Å². The predicted molar refractivity (Wildman–Crippen MR) is 56.3 cm³/mol. The Kier molecular flexibility index (Phi) is 5.13. The Bertz CT molecular complexity index is 247. The Balaban J connectivity index is 2.10. The molecule has 1 atom stereocenters. The molecule has 1 aliphatic heterocycles. The molecule has 0 spiro atoms. The fourth-order valence-electron chi connectivity index (χ4n) is 2.06. The topological polar surface area (TPSA) is 64.3 Å². The molecule has 4 heteroatoms. The molecule has 1 N–H and O–H groups in total. The third-order valence-corrected chi connectivity index (χ3v) is 2.90. The highest BCUT2D eigenvalue weighted by molar-refractivity contribution is 5.66. The maximum Gasteiger partial charge on any atom is 0.303 e. The predicted octanol–water partition coefficient (Wildman–Crippen LogP) is 1.48. The molecule has 0 aliphatic carbocycles. The minimum Gasteiger partial charge on any atom is -0.481 e. The molecular weight excluding hydrogens is 192 g/mol. The Morgan fingerprint density at radius 3 is 3.07 bits per heavy atom. The highest BCUT2D eigenvalue weighted by atomic mass is 16.4. The van der Waals surface area contributed by atoms with Crippen molar-refractivity contribution in [3.63, 3.8) is 0 Å². The van der Waals surface area contributed by atoms with Crippen molar-refractivity contribution >= 4 is 5.97 Å². The van der Waals surface area contributed by atoms with E-state index in [0.717, 1.165) is 38.9 Å². The van der Waals surface area contributed by atoms with Gasteiger partial charge in [-0.15, -0.1) is 0 Å². The minimum atomic E-state index is -0.696. The number of aliphatic carboxylic acids is 1. The van der Waals surface area contributed by atoms with Crippen molar-refractivity contribution in [1.29, 1.82) is 5.26 Å². The number of hydrogen-bond donors (Lipinski definition) is 1. The molecule has 1 saturated heterocycles. The highest BCUT2D eigenvalue weighted by Gasteiger charge is 2.22. The molecule has 4 nitrogen and oxygen atoms in total. The first-order valence-corrected chi connectivity index (χ1v) is 5.53. The zero-order chi connectivity index (χ0) is 11.1. The molecule has 0 bridgehead atoms. The highest BCUT2D eigenvalue weighted by Crippen LogP contribution is 2.21. The lowest BCUT2D eigenvalue weighted by atomic mass is 10.0. The second-order valence-corrected chi connectivity index (χ2v) is 4.15. The first-order chi connectivity index (χ1) is 7.22. The van der Waals surface area contributed by atoms with Gasteiger partial charge in [-0.1, -0.05) is 0 Å². The number of rotatable bonds is 6. The van der Waals surface area contributed by atoms with Crippen molar-refractivity contribution in [2.75, 3.05) is 19.6 Å². The number of nitrogens with zero attached hydrogens (tertiary/aromatic N) is 2. The van der Waals surface area contributed by atoms with Gasteiger partial charge in [-0.05, 0) is 38.3 Å². The van der Waals surface area contributed by atoms with E-state index in [1.54, 1.807) is 0 Å². The second kappa shape index (κ2) is 6.41. The second-order valence-electron chi connectivity index (χ2n) is 4.15. The van der Waals surface area contributed by atoms with Crippen molar-refractivity contribution in [1.82, 2.24) is 4.90 Å². The molecule has 0 aromatic heterocycles. The van der Waals surface area contributed by atoms with Crippen LogP contribution < -0.4 is 0 Å². The lowest BCUT2D eigenvalue weighted by molar-refractivity contribution is -0.137. The first-order valence-electron chi connectivity index (χ1n) is 5.53. The summed E-state index contributed by atoms with van der Waals surface area (Å²) in [4.78, 5) is 12.7. The summed E-state index contributed by atoms with van der Waals surface area (Å²) < 4.78 is 0. The van der Waals surface area contributed by atoms with E-state index in [1.807, 2.05) is 0 Å². The lowest BCUT2D eigenvalue weighted by Gasteiger charge is -2.14. The number of carboxylic acids is 1. The molecule has 84 valence electrons. The summed E-state index contributed by atoms with van der Waals surface area (Å²) >= 11 is 0. The van der Waals surface area contributed by atoms with Crippen LogP contribution in [0.15, 0.2) is 0 Å². The molecule has 0 saturated carbocycles. The van der Waals surface area contributed by atoms with E-state index in [-0.39, 0.29) is 6.42 Å². The van der Waals surface area contributed by atoms with Crippen molar-refractivity contribution in [3.8, 4) is 6.07 Å². The monoisotopic (exact) mass is 210 g/mol. The summed E-state index contributed by atoms with van der Waals surface area (Å²) in [5.41, 5.74) is 0. The third kappa shape index (κ3) is 4.80. The van der Waals surface area contributed by atoms with Crippen LogP contribution in [0.3, 0.4) is 0 Å². The SMILES string of the molecule is N#CCCCN1CCC(CCC(=O)O)C1. The van der Waals surface area contributed by atoms with Crippen molar-refractivity contribution in [3.05, 3.63) is 0 Å². The van der Waals surface area contributed by atoms with Gasteiger partial charge in [-0.3, -0.25) is 4.79 Å². The van der Waals surface area contributed by atoms with Gasteiger partial charge in [0.2, 0.25) is 0 Å². The quantitative estimate of drug-likeness (QED) is 0.674. The molecule has 1 rings (SSSR count). The van der Waals surface area contributed by atoms with Gasteiger partial charge in [0, 0.05) is 19.4 Å². The number of likely N-dealkylation sites (tertiary alicyclic amines) is 1. The Morgan fingerprint density at radius 1 is 1.60 bits per heavy atom. The van der Waals surface area contributed by atoms with Crippen molar-refractivity contribution in [2.45, 2.75) is 32.1 Å². The van der Waals surface area contributed by atoms with Crippen LogP contribution in [0.2, 0.25) is 0 Å². The summed E-state index contributed by atoms with van der Waals surface area (Å²) in [5, 5.41) is 17.0. The van der Waals surface area contributed by atoms with Gasteiger partial charge in [0.15, 0.2) is 0 Å². The van der Waals surface area contributed by atoms with Gasteiger partial charge in [-0.25, -0.2) is 0 Å². The van der Waals surface area contributed by atoms with Crippen LogP contribution in [0.25, 0.3) is 0 Å². The van der Waals surface area contributed by atoms with Gasteiger partial charge in [0.25, 0.3) is 0 Å². The van der Waals surface area contributed by atoms with Gasteiger partial charge < -0.3 is 10.0 Å². The summed E-state index contributed by atoms with van der Waals surface area (Å²) in [5.74, 6) is -0.152. The fraction of sp³-hybridized carbons (Fsp3) is 0.818. The zero-order valence-electron chi connectivity index (χ0n) is 8.98. The summed E-state index contributed by atoms with van der Waals surface area (Å²) in [6.45, 7) is 3.06. The molecule has 1 unspecified atom stereocenters. The van der Waals surface area contributed by atoms with Gasteiger partial charge in [-0.2, -0.15) is 5.26 Å². The van der Waals surface area contributed by atoms with E-state index in [1.165, 1.54) is 0 Å². The molecule has 0 aromatic carbocycles. The first kappa shape index (κ1) is 12.0. The van der Waals surface area contributed by atoms with E-state index < -0.39 is 5.97 Å². The summed E-state index contributed by atoms with van der Waals surface area (Å²) in [7, 11) is 0. The van der Waals surface area contributed by atoms with Crippen LogP contribution >= 0.6 is 0 Å². The largest absolute Gasteiger partial charge is 0.481 e. The summed E-state index contributed by atoms with van der Waals surface area (Å²) in [6.07, 6.45) is 3.75. The minimum absolute atomic E-state index is 0.288.